The molecule has 5 rings (SSSR count). The molecule has 2 N–H and O–H groups in total. The molecule has 0 saturated carbocycles. The second kappa shape index (κ2) is 6.95. The van der Waals surface area contributed by atoms with Crippen LogP contribution in [0.2, 0.25) is 0 Å². The third-order valence-corrected chi connectivity index (χ3v) is 5.23. The minimum atomic E-state index is 0.0783. The molecule has 2 aromatic carbocycles. The number of H-pyrrole nitrogens is 1. The van der Waals surface area contributed by atoms with Gasteiger partial charge in [-0.1, -0.05) is 32.9 Å². The first kappa shape index (κ1) is 18.3. The summed E-state index contributed by atoms with van der Waals surface area (Å²) in [5.41, 5.74) is 5.27. The summed E-state index contributed by atoms with van der Waals surface area (Å²) in [4.78, 5) is 17.2. The quantitative estimate of drug-likeness (QED) is 0.382. The van der Waals surface area contributed by atoms with Crippen LogP contribution >= 0.6 is 0 Å². The maximum atomic E-state index is 4.83. The number of nitrogens with zero attached hydrogens (tertiary/aromatic N) is 3. The molecule has 148 valence electrons. The van der Waals surface area contributed by atoms with Crippen LogP contribution in [0.25, 0.3) is 33.2 Å². The average Bonchev–Trinajstić information content (AvgIpc) is 3.18. The third kappa shape index (κ3) is 3.39. The zero-order valence-corrected chi connectivity index (χ0v) is 17.3. The first-order chi connectivity index (χ1) is 14.5. The lowest BCUT2D eigenvalue weighted by atomic mass is 9.92. The Morgan fingerprint density at radius 3 is 2.47 bits per heavy atom. The molecule has 5 heteroatoms. The van der Waals surface area contributed by atoms with Gasteiger partial charge in [-0.3, -0.25) is 4.98 Å². The number of hydrogen-bond donors (Lipinski definition) is 2. The first-order valence-electron chi connectivity index (χ1n) is 10.0. The van der Waals surface area contributed by atoms with Crippen molar-refractivity contribution in [2.45, 2.75) is 26.2 Å². The van der Waals surface area contributed by atoms with E-state index in [-0.39, 0.29) is 5.41 Å². The summed E-state index contributed by atoms with van der Waals surface area (Å²) >= 11 is 0. The van der Waals surface area contributed by atoms with Crippen molar-refractivity contribution in [3.05, 3.63) is 78.8 Å². The predicted octanol–water partition coefficient (Wildman–Crippen LogP) is 6.21. The zero-order valence-electron chi connectivity index (χ0n) is 17.3. The molecule has 0 amide bonds. The molecule has 5 nitrogen and oxygen atoms in total. The van der Waals surface area contributed by atoms with Gasteiger partial charge in [0.2, 0.25) is 0 Å². The molecule has 30 heavy (non-hydrogen) atoms. The van der Waals surface area contributed by atoms with E-state index in [4.69, 9.17) is 9.97 Å². The molecule has 0 atom stereocenters. The lowest BCUT2D eigenvalue weighted by molar-refractivity contribution is 0.574. The van der Waals surface area contributed by atoms with Gasteiger partial charge in [-0.2, -0.15) is 0 Å². The molecule has 0 fully saturated rings. The van der Waals surface area contributed by atoms with Gasteiger partial charge in [-0.25, -0.2) is 9.97 Å². The maximum Gasteiger partial charge on any atom is 0.162 e. The number of aromatic nitrogens is 4. The van der Waals surface area contributed by atoms with Gasteiger partial charge in [0.15, 0.2) is 5.82 Å². The average molecular weight is 393 g/mol. The van der Waals surface area contributed by atoms with Crippen molar-refractivity contribution in [3.8, 4) is 11.4 Å². The predicted molar refractivity (Wildman–Crippen MR) is 123 cm³/mol. The Balaban J connectivity index is 1.59. The molecule has 5 aromatic rings. The SMILES string of the molecule is CC(C)(C)c1cc2cc(Nc3nc(-c4ccncc4)nc4ccccc34)ccc2[nH]1. The molecule has 0 aliphatic carbocycles. The van der Waals surface area contributed by atoms with Crippen molar-refractivity contribution in [3.63, 3.8) is 0 Å². The Labute approximate surface area is 175 Å². The number of benzene rings is 2. The highest BCUT2D eigenvalue weighted by atomic mass is 15.0. The minimum Gasteiger partial charge on any atom is -0.358 e. The van der Waals surface area contributed by atoms with Gasteiger partial charge in [0.25, 0.3) is 0 Å². The van der Waals surface area contributed by atoms with E-state index < -0.39 is 0 Å². The van der Waals surface area contributed by atoms with Crippen LogP contribution in [-0.2, 0) is 5.41 Å². The van der Waals surface area contributed by atoms with Gasteiger partial charge in [0.1, 0.15) is 5.82 Å². The fourth-order valence-electron chi connectivity index (χ4n) is 3.55. The highest BCUT2D eigenvalue weighted by Crippen LogP contribution is 2.30. The van der Waals surface area contributed by atoms with Gasteiger partial charge in [-0.15, -0.1) is 0 Å². The largest absolute Gasteiger partial charge is 0.358 e. The number of para-hydroxylation sites is 1. The molecule has 0 saturated heterocycles. The lowest BCUT2D eigenvalue weighted by Crippen LogP contribution is -2.10. The summed E-state index contributed by atoms with van der Waals surface area (Å²) < 4.78 is 0. The van der Waals surface area contributed by atoms with Crippen molar-refractivity contribution in [1.82, 2.24) is 19.9 Å². The van der Waals surface area contributed by atoms with E-state index in [1.807, 2.05) is 36.4 Å². The number of pyridine rings is 1. The summed E-state index contributed by atoms with van der Waals surface area (Å²) in [6.45, 7) is 6.64. The van der Waals surface area contributed by atoms with Gasteiger partial charge in [0, 0.05) is 51.0 Å². The van der Waals surface area contributed by atoms with Crippen LogP contribution in [0.15, 0.2) is 73.1 Å². The number of fused-ring (bicyclic) bond motifs is 2. The van der Waals surface area contributed by atoms with E-state index in [2.05, 4.69) is 60.3 Å². The summed E-state index contributed by atoms with van der Waals surface area (Å²) in [6, 6.07) is 20.5. The summed E-state index contributed by atoms with van der Waals surface area (Å²) in [5, 5.41) is 5.68. The molecule has 0 radical (unpaired) electrons. The van der Waals surface area contributed by atoms with E-state index in [0.29, 0.717) is 5.82 Å². The second-order valence-electron chi connectivity index (χ2n) is 8.51. The van der Waals surface area contributed by atoms with Crippen LogP contribution < -0.4 is 5.32 Å². The molecule has 0 aliphatic heterocycles. The highest BCUT2D eigenvalue weighted by Gasteiger charge is 2.16. The Kier molecular flexibility index (Phi) is 4.24. The Morgan fingerprint density at radius 1 is 0.867 bits per heavy atom. The number of rotatable bonds is 3. The van der Waals surface area contributed by atoms with Crippen LogP contribution in [0.1, 0.15) is 26.5 Å². The Morgan fingerprint density at radius 2 is 1.67 bits per heavy atom. The minimum absolute atomic E-state index is 0.0783. The number of hydrogen-bond acceptors (Lipinski definition) is 4. The van der Waals surface area contributed by atoms with Crippen LogP contribution in [0, 0.1) is 0 Å². The second-order valence-corrected chi connectivity index (χ2v) is 8.51. The number of anilines is 2. The summed E-state index contributed by atoms with van der Waals surface area (Å²) in [6.07, 6.45) is 3.52. The van der Waals surface area contributed by atoms with Crippen molar-refractivity contribution in [1.29, 1.82) is 0 Å². The molecule has 3 heterocycles. The van der Waals surface area contributed by atoms with Gasteiger partial charge >= 0.3 is 0 Å². The zero-order chi connectivity index (χ0) is 20.7. The standard InChI is InChI=1S/C25H23N5/c1-25(2,3)22-15-17-14-18(8-9-20(17)28-22)27-24-19-6-4-5-7-21(19)29-23(30-24)16-10-12-26-13-11-16/h4-15,28H,1-3H3,(H,27,29,30). The number of aromatic amines is 1. The molecule has 3 aromatic heterocycles. The van der Waals surface area contributed by atoms with E-state index in [9.17, 15) is 0 Å². The molecule has 0 spiro atoms. The first-order valence-corrected chi connectivity index (χ1v) is 10.0. The van der Waals surface area contributed by atoms with Gasteiger partial charge in [-0.05, 0) is 48.5 Å². The number of nitrogens with one attached hydrogen (secondary N) is 2. The van der Waals surface area contributed by atoms with Crippen LogP contribution in [0.3, 0.4) is 0 Å². The highest BCUT2D eigenvalue weighted by molar-refractivity contribution is 5.93. The Hall–Kier alpha value is -3.73. The molecular formula is C25H23N5. The monoisotopic (exact) mass is 393 g/mol. The van der Waals surface area contributed by atoms with Crippen LogP contribution in [-0.4, -0.2) is 19.9 Å². The van der Waals surface area contributed by atoms with Crippen LogP contribution in [0.5, 0.6) is 0 Å². The molecule has 0 bridgehead atoms. The summed E-state index contributed by atoms with van der Waals surface area (Å²) in [7, 11) is 0. The van der Waals surface area contributed by atoms with Gasteiger partial charge < -0.3 is 10.3 Å². The van der Waals surface area contributed by atoms with Gasteiger partial charge in [0.05, 0.1) is 5.52 Å². The fraction of sp³-hybridized carbons (Fsp3) is 0.160. The topological polar surface area (TPSA) is 66.5 Å². The summed E-state index contributed by atoms with van der Waals surface area (Å²) in [5.74, 6) is 1.47. The van der Waals surface area contributed by atoms with Crippen molar-refractivity contribution in [2.24, 2.45) is 0 Å². The van der Waals surface area contributed by atoms with E-state index >= 15 is 0 Å². The van der Waals surface area contributed by atoms with Crippen molar-refractivity contribution in [2.75, 3.05) is 5.32 Å². The van der Waals surface area contributed by atoms with E-state index in [1.165, 1.54) is 11.1 Å². The fourth-order valence-corrected chi connectivity index (χ4v) is 3.55. The smallest absolute Gasteiger partial charge is 0.162 e. The normalized spacial score (nSPS) is 11.8. The van der Waals surface area contributed by atoms with E-state index in [1.54, 1.807) is 12.4 Å². The van der Waals surface area contributed by atoms with Crippen molar-refractivity contribution < 1.29 is 0 Å². The molecular weight excluding hydrogens is 370 g/mol. The van der Waals surface area contributed by atoms with Crippen molar-refractivity contribution >= 4 is 33.3 Å². The lowest BCUT2D eigenvalue weighted by Gasteiger charge is -2.15. The maximum absolute atomic E-state index is 4.83. The molecule has 0 aliphatic rings. The Bertz CT molecular complexity index is 1350. The third-order valence-electron chi connectivity index (χ3n) is 5.23. The van der Waals surface area contributed by atoms with E-state index in [0.717, 1.165) is 33.5 Å². The molecule has 0 unspecified atom stereocenters. The van der Waals surface area contributed by atoms with Crippen LogP contribution in [0.4, 0.5) is 11.5 Å².